The predicted octanol–water partition coefficient (Wildman–Crippen LogP) is 5.60. The van der Waals surface area contributed by atoms with Gasteiger partial charge in [0.2, 0.25) is 11.5 Å². The van der Waals surface area contributed by atoms with Crippen molar-refractivity contribution in [3.05, 3.63) is 67.8 Å². The Hall–Kier alpha value is -4.55. The average Bonchev–Trinajstić information content (AvgIpc) is 2.83. The molecule has 0 aliphatic heterocycles. The van der Waals surface area contributed by atoms with Crippen molar-refractivity contribution in [3.8, 4) is 11.5 Å². The van der Waals surface area contributed by atoms with E-state index in [0.717, 1.165) is 24.3 Å². The van der Waals surface area contributed by atoms with Crippen molar-refractivity contribution in [2.45, 2.75) is 53.8 Å². The minimum absolute atomic E-state index is 0.282. The molecule has 0 fully saturated rings. The number of ether oxygens (including phenoxy) is 4. The van der Waals surface area contributed by atoms with Gasteiger partial charge in [-0.1, -0.05) is 39.8 Å². The fourth-order valence-corrected chi connectivity index (χ4v) is 2.99. The molecule has 204 valence electrons. The quantitative estimate of drug-likeness (QED) is 0.161. The van der Waals surface area contributed by atoms with Crippen LogP contribution in [0.3, 0.4) is 0 Å². The topological polar surface area (TPSA) is 174 Å². The molecule has 2 unspecified atom stereocenters. The number of hydrogen-bond acceptors (Lipinski definition) is 11. The number of rotatable bonds is 10. The summed E-state index contributed by atoms with van der Waals surface area (Å²) in [6.45, 7) is 9.61. The van der Waals surface area contributed by atoms with Gasteiger partial charge in [0.05, 0.1) is 21.7 Å². The molecule has 0 aliphatic carbocycles. The molecule has 0 saturated carbocycles. The lowest BCUT2D eigenvalue weighted by atomic mass is 10.1. The fourth-order valence-electron chi connectivity index (χ4n) is 2.99. The van der Waals surface area contributed by atoms with Crippen LogP contribution in [-0.2, 0) is 19.1 Å². The third-order valence-corrected chi connectivity index (χ3v) is 5.21. The summed E-state index contributed by atoms with van der Waals surface area (Å²) in [5.41, 5.74) is -0.662. The monoisotopic (exact) mass is 532 g/mol. The number of hydrogen-bond donors (Lipinski definition) is 0. The van der Waals surface area contributed by atoms with E-state index in [4.69, 9.17) is 18.9 Å². The molecular weight excluding hydrogens is 504 g/mol. The SMILES string of the molecule is CC(C)C(=O)OC(C)c1ccc(OC(=O)Oc2ccc(C(C)OC(=O)C(C)C)cc2[N+](=O)[O-])c([N+](=O)[O-])c1. The Labute approximate surface area is 217 Å². The first-order valence-corrected chi connectivity index (χ1v) is 11.6. The number of carbonyl (C=O) groups excluding carboxylic acids is 3. The molecule has 0 aromatic heterocycles. The highest BCUT2D eigenvalue weighted by atomic mass is 16.7. The maximum Gasteiger partial charge on any atom is 0.519 e. The molecule has 0 heterocycles. The van der Waals surface area contributed by atoms with E-state index in [1.54, 1.807) is 27.7 Å². The van der Waals surface area contributed by atoms with E-state index in [-0.39, 0.29) is 11.1 Å². The van der Waals surface area contributed by atoms with Crippen LogP contribution in [-0.4, -0.2) is 27.9 Å². The Morgan fingerprint density at radius 1 is 0.658 bits per heavy atom. The van der Waals surface area contributed by atoms with Crippen molar-refractivity contribution >= 4 is 29.5 Å². The van der Waals surface area contributed by atoms with Gasteiger partial charge in [-0.15, -0.1) is 0 Å². The first-order valence-electron chi connectivity index (χ1n) is 11.6. The molecule has 13 heteroatoms. The predicted molar refractivity (Wildman–Crippen MR) is 132 cm³/mol. The van der Waals surface area contributed by atoms with Crippen LogP contribution >= 0.6 is 0 Å². The first kappa shape index (κ1) is 29.7. The highest BCUT2D eigenvalue weighted by Crippen LogP contribution is 2.34. The van der Waals surface area contributed by atoms with Crippen molar-refractivity contribution in [1.29, 1.82) is 0 Å². The molecule has 2 atom stereocenters. The number of benzene rings is 2. The Morgan fingerprint density at radius 2 is 1.00 bits per heavy atom. The first-order chi connectivity index (χ1) is 17.7. The van der Waals surface area contributed by atoms with Crippen molar-refractivity contribution < 1.29 is 43.2 Å². The lowest BCUT2D eigenvalue weighted by Gasteiger charge is -2.16. The lowest BCUT2D eigenvalue weighted by Crippen LogP contribution is -2.17. The summed E-state index contributed by atoms with van der Waals surface area (Å²) in [6, 6.07) is 7.14. The Kier molecular flexibility index (Phi) is 9.85. The van der Waals surface area contributed by atoms with E-state index in [2.05, 4.69) is 0 Å². The molecule has 13 nitrogen and oxygen atoms in total. The Balaban J connectivity index is 2.24. The van der Waals surface area contributed by atoms with Crippen LogP contribution < -0.4 is 9.47 Å². The Morgan fingerprint density at radius 3 is 1.29 bits per heavy atom. The zero-order chi connectivity index (χ0) is 28.7. The van der Waals surface area contributed by atoms with Crippen LogP contribution in [0.25, 0.3) is 0 Å². The summed E-state index contributed by atoms with van der Waals surface area (Å²) < 4.78 is 20.4. The summed E-state index contributed by atoms with van der Waals surface area (Å²) in [5, 5.41) is 23.1. The molecule has 0 bridgehead atoms. The maximum atomic E-state index is 12.4. The van der Waals surface area contributed by atoms with Gasteiger partial charge in [-0.3, -0.25) is 29.8 Å². The van der Waals surface area contributed by atoms with Crippen LogP contribution in [0.15, 0.2) is 36.4 Å². The van der Waals surface area contributed by atoms with E-state index < -0.39 is 74.9 Å². The van der Waals surface area contributed by atoms with Crippen LogP contribution in [0.1, 0.15) is 64.9 Å². The van der Waals surface area contributed by atoms with E-state index in [1.807, 2.05) is 0 Å². The maximum absolute atomic E-state index is 12.4. The second kappa shape index (κ2) is 12.6. The van der Waals surface area contributed by atoms with Gasteiger partial charge in [-0.2, -0.15) is 0 Å². The molecule has 2 aromatic rings. The summed E-state index contributed by atoms with van der Waals surface area (Å²) in [7, 11) is 0. The summed E-state index contributed by atoms with van der Waals surface area (Å²) in [4.78, 5) is 57.6. The van der Waals surface area contributed by atoms with Gasteiger partial charge in [0.1, 0.15) is 12.2 Å². The minimum Gasteiger partial charge on any atom is -0.458 e. The Bertz CT molecular complexity index is 1150. The van der Waals surface area contributed by atoms with Gasteiger partial charge in [-0.05, 0) is 37.1 Å². The summed E-state index contributed by atoms with van der Waals surface area (Å²) >= 11 is 0. The summed E-state index contributed by atoms with van der Waals surface area (Å²) in [6.07, 6.45) is -3.09. The molecule has 0 saturated heterocycles. The zero-order valence-electron chi connectivity index (χ0n) is 21.7. The van der Waals surface area contributed by atoms with Crippen molar-refractivity contribution in [2.75, 3.05) is 0 Å². The third kappa shape index (κ3) is 7.72. The van der Waals surface area contributed by atoms with Gasteiger partial charge < -0.3 is 18.9 Å². The van der Waals surface area contributed by atoms with Crippen LogP contribution in [0.2, 0.25) is 0 Å². The number of esters is 2. The number of nitro groups is 2. The smallest absolute Gasteiger partial charge is 0.458 e. The van der Waals surface area contributed by atoms with E-state index >= 15 is 0 Å². The van der Waals surface area contributed by atoms with Crippen LogP contribution in [0.4, 0.5) is 16.2 Å². The molecule has 0 radical (unpaired) electrons. The van der Waals surface area contributed by atoms with E-state index in [9.17, 15) is 34.6 Å². The molecule has 2 aromatic carbocycles. The zero-order valence-corrected chi connectivity index (χ0v) is 21.7. The molecule has 38 heavy (non-hydrogen) atoms. The minimum atomic E-state index is -1.46. The number of nitro benzene ring substituents is 2. The summed E-state index contributed by atoms with van der Waals surface area (Å²) in [5.74, 6) is -2.77. The highest BCUT2D eigenvalue weighted by Gasteiger charge is 2.26. The molecule has 0 spiro atoms. The van der Waals surface area contributed by atoms with Crippen molar-refractivity contribution in [1.82, 2.24) is 0 Å². The third-order valence-electron chi connectivity index (χ3n) is 5.21. The lowest BCUT2D eigenvalue weighted by molar-refractivity contribution is -0.386. The molecule has 0 aliphatic rings. The van der Waals surface area contributed by atoms with Gasteiger partial charge in [0.15, 0.2) is 0 Å². The van der Waals surface area contributed by atoms with E-state index in [0.29, 0.717) is 0 Å². The largest absolute Gasteiger partial charge is 0.519 e. The normalized spacial score (nSPS) is 12.4. The van der Waals surface area contributed by atoms with Crippen molar-refractivity contribution in [3.63, 3.8) is 0 Å². The van der Waals surface area contributed by atoms with Crippen LogP contribution in [0, 0.1) is 32.1 Å². The molecule has 2 rings (SSSR count). The van der Waals surface area contributed by atoms with Crippen molar-refractivity contribution in [2.24, 2.45) is 11.8 Å². The fraction of sp³-hybridized carbons (Fsp3) is 0.400. The second-order valence-corrected chi connectivity index (χ2v) is 8.89. The molecular formula is C25H28N2O11. The average molecular weight is 533 g/mol. The molecule has 0 amide bonds. The highest BCUT2D eigenvalue weighted by molar-refractivity contribution is 5.73. The van der Waals surface area contributed by atoms with Gasteiger partial charge >= 0.3 is 29.5 Å². The second-order valence-electron chi connectivity index (χ2n) is 8.89. The number of nitrogens with zero attached hydrogens (tertiary/aromatic N) is 2. The standard InChI is InChI=1S/C25H28N2O11/c1-13(2)23(28)35-15(5)17-7-9-21(19(11-17)26(31)32)37-25(30)38-22-10-8-18(12-20(22)27(33)34)16(6)36-24(29)14(3)4/h7-16H,1-6H3. The van der Waals surface area contributed by atoms with Gasteiger partial charge in [-0.25, -0.2) is 4.79 Å². The van der Waals surface area contributed by atoms with Crippen LogP contribution in [0.5, 0.6) is 11.5 Å². The van der Waals surface area contributed by atoms with E-state index in [1.165, 1.54) is 26.0 Å². The van der Waals surface area contributed by atoms with Gasteiger partial charge in [0, 0.05) is 12.1 Å². The molecule has 0 N–H and O–H groups in total. The number of carbonyl (C=O) groups is 3. The van der Waals surface area contributed by atoms with Gasteiger partial charge in [0.25, 0.3) is 0 Å².